The Kier molecular flexibility index (Phi) is 5.01. The third-order valence-corrected chi connectivity index (χ3v) is 3.97. The predicted molar refractivity (Wildman–Crippen MR) is 89.3 cm³/mol. The van der Waals surface area contributed by atoms with Crippen molar-refractivity contribution in [1.82, 2.24) is 4.98 Å². The molecule has 2 aromatic rings. The average Bonchev–Trinajstić information content (AvgIpc) is 2.45. The van der Waals surface area contributed by atoms with Crippen molar-refractivity contribution in [1.29, 1.82) is 0 Å². The first kappa shape index (κ1) is 16.0. The number of aromatic nitrogens is 1. The van der Waals surface area contributed by atoms with Crippen LogP contribution in [0, 0.1) is 0 Å². The Morgan fingerprint density at radius 3 is 2.52 bits per heavy atom. The first-order chi connectivity index (χ1) is 9.90. The lowest BCUT2D eigenvalue weighted by molar-refractivity contribution is 0.290. The molecular weight excluding hydrogens is 328 g/mol. The molecule has 0 amide bonds. The molecule has 0 saturated heterocycles. The summed E-state index contributed by atoms with van der Waals surface area (Å²) in [5.74, 6) is 0.624. The molecule has 0 saturated carbocycles. The minimum Gasteiger partial charge on any atom is -0.473 e. The zero-order chi connectivity index (χ0) is 15.5. The first-order valence-corrected chi connectivity index (χ1v) is 7.77. The van der Waals surface area contributed by atoms with Crippen molar-refractivity contribution in [2.75, 3.05) is 0 Å². The van der Waals surface area contributed by atoms with E-state index in [9.17, 15) is 0 Å². The van der Waals surface area contributed by atoms with Gasteiger partial charge in [0.15, 0.2) is 0 Å². The lowest BCUT2D eigenvalue weighted by atomic mass is 9.91. The van der Waals surface area contributed by atoms with Gasteiger partial charge in [-0.15, -0.1) is 0 Å². The highest BCUT2D eigenvalue weighted by Crippen LogP contribution is 2.25. The molecule has 0 aliphatic carbocycles. The minimum atomic E-state index is -0.0311. The molecule has 0 bridgehead atoms. The lowest BCUT2D eigenvalue weighted by Gasteiger charge is -2.20. The second-order valence-corrected chi connectivity index (χ2v) is 6.89. The van der Waals surface area contributed by atoms with Gasteiger partial charge in [-0.2, -0.15) is 0 Å². The minimum absolute atomic E-state index is 0.0311. The molecule has 21 heavy (non-hydrogen) atoms. The van der Waals surface area contributed by atoms with E-state index in [-0.39, 0.29) is 5.41 Å². The zero-order valence-electron chi connectivity index (χ0n) is 12.7. The van der Waals surface area contributed by atoms with Crippen molar-refractivity contribution >= 4 is 15.9 Å². The molecule has 1 aromatic carbocycles. The van der Waals surface area contributed by atoms with Crippen molar-refractivity contribution in [2.45, 2.75) is 39.3 Å². The van der Waals surface area contributed by atoms with Crippen LogP contribution in [0.1, 0.15) is 37.6 Å². The largest absolute Gasteiger partial charge is 0.473 e. The molecule has 0 radical (unpaired) electrons. The van der Waals surface area contributed by atoms with E-state index in [2.05, 4.69) is 41.7 Å². The van der Waals surface area contributed by atoms with Gasteiger partial charge in [0.1, 0.15) is 6.61 Å². The van der Waals surface area contributed by atoms with Crippen molar-refractivity contribution < 1.29 is 4.74 Å². The average molecular weight is 349 g/mol. The molecule has 0 aliphatic heterocycles. The van der Waals surface area contributed by atoms with Crippen LogP contribution in [0.15, 0.2) is 40.9 Å². The molecule has 4 heteroatoms. The van der Waals surface area contributed by atoms with E-state index in [0.717, 1.165) is 21.3 Å². The highest BCUT2D eigenvalue weighted by molar-refractivity contribution is 9.10. The fraction of sp³-hybridized carbons (Fsp3) is 0.353. The summed E-state index contributed by atoms with van der Waals surface area (Å²) in [6, 6.07) is 12.0. The number of nitrogens with two attached hydrogens (primary N) is 1. The van der Waals surface area contributed by atoms with Gasteiger partial charge in [-0.1, -0.05) is 54.9 Å². The van der Waals surface area contributed by atoms with Crippen LogP contribution < -0.4 is 10.5 Å². The summed E-state index contributed by atoms with van der Waals surface area (Å²) in [5.41, 5.74) is 8.86. The van der Waals surface area contributed by atoms with Crippen LogP contribution in [0.3, 0.4) is 0 Å². The number of ether oxygens (including phenoxy) is 1. The maximum Gasteiger partial charge on any atom is 0.214 e. The molecule has 2 N–H and O–H groups in total. The van der Waals surface area contributed by atoms with Gasteiger partial charge in [0.25, 0.3) is 0 Å². The highest BCUT2D eigenvalue weighted by Gasteiger charge is 2.17. The fourth-order valence-electron chi connectivity index (χ4n) is 1.90. The number of hydrogen-bond acceptors (Lipinski definition) is 3. The summed E-state index contributed by atoms with van der Waals surface area (Å²) in [4.78, 5) is 4.60. The van der Waals surface area contributed by atoms with Crippen LogP contribution in [0.2, 0.25) is 0 Å². The molecule has 0 aliphatic rings. The van der Waals surface area contributed by atoms with E-state index in [4.69, 9.17) is 10.5 Å². The Labute approximate surface area is 134 Å². The Bertz CT molecular complexity index is 620. The van der Waals surface area contributed by atoms with Crippen LogP contribution in [0.25, 0.3) is 0 Å². The summed E-state index contributed by atoms with van der Waals surface area (Å²) in [6.07, 6.45) is 0. The van der Waals surface area contributed by atoms with Gasteiger partial charge >= 0.3 is 0 Å². The summed E-state index contributed by atoms with van der Waals surface area (Å²) in [5, 5.41) is 0. The molecular formula is C17H21BrN2O. The van der Waals surface area contributed by atoms with Crippen LogP contribution in [-0.2, 0) is 18.6 Å². The molecule has 0 atom stereocenters. The van der Waals surface area contributed by atoms with Gasteiger partial charge in [-0.3, -0.25) is 0 Å². The molecule has 0 spiro atoms. The predicted octanol–water partition coefficient (Wildman–Crippen LogP) is 4.18. The summed E-state index contributed by atoms with van der Waals surface area (Å²) < 4.78 is 6.89. The Morgan fingerprint density at radius 2 is 1.90 bits per heavy atom. The van der Waals surface area contributed by atoms with Crippen molar-refractivity contribution in [3.8, 4) is 5.88 Å². The molecule has 0 fully saturated rings. The SMILES string of the molecule is CC(C)(C)c1cc(CN)cc(OCc2ccccc2Br)n1. The van der Waals surface area contributed by atoms with Crippen molar-refractivity contribution in [3.05, 3.63) is 57.7 Å². The fourth-order valence-corrected chi connectivity index (χ4v) is 2.30. The quantitative estimate of drug-likeness (QED) is 0.901. The van der Waals surface area contributed by atoms with Crippen LogP contribution in [0.5, 0.6) is 5.88 Å². The van der Waals surface area contributed by atoms with E-state index >= 15 is 0 Å². The topological polar surface area (TPSA) is 48.1 Å². The normalized spacial score (nSPS) is 11.5. The highest BCUT2D eigenvalue weighted by atomic mass is 79.9. The molecule has 3 nitrogen and oxygen atoms in total. The van der Waals surface area contributed by atoms with E-state index in [1.807, 2.05) is 36.4 Å². The number of halogens is 1. The van der Waals surface area contributed by atoms with Gasteiger partial charge in [-0.05, 0) is 17.7 Å². The number of hydrogen-bond donors (Lipinski definition) is 1. The number of nitrogens with zero attached hydrogens (tertiary/aromatic N) is 1. The van der Waals surface area contributed by atoms with Gasteiger partial charge < -0.3 is 10.5 Å². The van der Waals surface area contributed by atoms with Crippen molar-refractivity contribution in [3.63, 3.8) is 0 Å². The lowest BCUT2D eigenvalue weighted by Crippen LogP contribution is -2.15. The zero-order valence-corrected chi connectivity index (χ0v) is 14.3. The summed E-state index contributed by atoms with van der Waals surface area (Å²) in [7, 11) is 0. The summed E-state index contributed by atoms with van der Waals surface area (Å²) in [6.45, 7) is 7.36. The number of benzene rings is 1. The first-order valence-electron chi connectivity index (χ1n) is 6.98. The van der Waals surface area contributed by atoms with Gasteiger partial charge in [0.2, 0.25) is 5.88 Å². The van der Waals surface area contributed by atoms with Gasteiger partial charge in [-0.25, -0.2) is 4.98 Å². The van der Waals surface area contributed by atoms with E-state index < -0.39 is 0 Å². The van der Waals surface area contributed by atoms with Gasteiger partial charge in [0, 0.05) is 28.1 Å². The molecule has 2 rings (SSSR count). The molecule has 1 aromatic heterocycles. The third kappa shape index (κ3) is 4.29. The Balaban J connectivity index is 2.22. The maximum absolute atomic E-state index is 5.85. The van der Waals surface area contributed by atoms with Crippen molar-refractivity contribution in [2.24, 2.45) is 5.73 Å². The smallest absolute Gasteiger partial charge is 0.214 e. The standard InChI is InChI=1S/C17H21BrN2O/c1-17(2,3)15-8-12(10-19)9-16(20-15)21-11-13-6-4-5-7-14(13)18/h4-9H,10-11,19H2,1-3H3. The van der Waals surface area contributed by atoms with E-state index in [1.54, 1.807) is 0 Å². The van der Waals surface area contributed by atoms with Crippen LogP contribution in [0.4, 0.5) is 0 Å². The Morgan fingerprint density at radius 1 is 1.19 bits per heavy atom. The van der Waals surface area contributed by atoms with Gasteiger partial charge in [0.05, 0.1) is 5.69 Å². The third-order valence-electron chi connectivity index (χ3n) is 3.20. The van der Waals surface area contributed by atoms with Crippen LogP contribution >= 0.6 is 15.9 Å². The second kappa shape index (κ2) is 6.58. The molecule has 112 valence electrons. The second-order valence-electron chi connectivity index (χ2n) is 6.03. The van der Waals surface area contributed by atoms with Crippen LogP contribution in [-0.4, -0.2) is 4.98 Å². The number of pyridine rings is 1. The Hall–Kier alpha value is -1.39. The molecule has 0 unspecified atom stereocenters. The maximum atomic E-state index is 5.85. The van der Waals surface area contributed by atoms with E-state index in [1.165, 1.54) is 0 Å². The monoisotopic (exact) mass is 348 g/mol. The number of rotatable bonds is 4. The summed E-state index contributed by atoms with van der Waals surface area (Å²) >= 11 is 3.52. The van der Waals surface area contributed by atoms with E-state index in [0.29, 0.717) is 19.0 Å². The molecule has 1 heterocycles.